The van der Waals surface area contributed by atoms with Crippen molar-refractivity contribution >= 4 is 18.5 Å². The van der Waals surface area contributed by atoms with E-state index in [1.54, 1.807) is 12.1 Å². The average Bonchev–Trinajstić information content (AvgIpc) is 2.19. The molecule has 1 N–H and O–H groups in total. The normalized spacial score (nSPS) is 15.7. The number of rotatable bonds is 1. The van der Waals surface area contributed by atoms with E-state index in [0.717, 1.165) is 31.5 Å². The fraction of sp³-hybridized carbons (Fsp3) is 0.333. The fourth-order valence-electron chi connectivity index (χ4n) is 1.72. The molecule has 0 atom stereocenters. The Hall–Kier alpha value is -0.860. The number of hydrogen-bond donors (Lipinski definition) is 1. The van der Waals surface area contributed by atoms with Gasteiger partial charge in [-0.15, -0.1) is 12.4 Å². The third-order valence-corrected chi connectivity index (χ3v) is 2.47. The Morgan fingerprint density at radius 2 is 1.93 bits per heavy atom. The molecule has 1 heterocycles. The standard InChI is InChI=1S/C12H14FN.ClH/c13-12-3-1-2-11(9-12)8-10-4-6-14-7-5-10;/h1-3,8-9,14H,4-7H2;1H. The predicted molar refractivity (Wildman–Crippen MR) is 63.7 cm³/mol. The predicted octanol–water partition coefficient (Wildman–Crippen LogP) is 3.01. The molecule has 0 unspecified atom stereocenters. The third-order valence-electron chi connectivity index (χ3n) is 2.47. The van der Waals surface area contributed by atoms with E-state index in [-0.39, 0.29) is 18.2 Å². The van der Waals surface area contributed by atoms with Crippen molar-refractivity contribution in [3.05, 3.63) is 41.2 Å². The van der Waals surface area contributed by atoms with Gasteiger partial charge in [0.15, 0.2) is 0 Å². The number of piperidine rings is 1. The molecule has 82 valence electrons. The van der Waals surface area contributed by atoms with Gasteiger partial charge in [0.2, 0.25) is 0 Å². The van der Waals surface area contributed by atoms with Gasteiger partial charge in [0.05, 0.1) is 0 Å². The Bertz CT molecular complexity index is 341. The van der Waals surface area contributed by atoms with Crippen molar-refractivity contribution in [2.45, 2.75) is 12.8 Å². The lowest BCUT2D eigenvalue weighted by Gasteiger charge is -2.15. The van der Waals surface area contributed by atoms with Gasteiger partial charge in [-0.2, -0.15) is 0 Å². The molecule has 0 amide bonds. The molecule has 2 rings (SSSR count). The summed E-state index contributed by atoms with van der Waals surface area (Å²) in [6.07, 6.45) is 4.26. The largest absolute Gasteiger partial charge is 0.316 e. The van der Waals surface area contributed by atoms with Crippen LogP contribution in [0.25, 0.3) is 6.08 Å². The molecule has 0 saturated carbocycles. The van der Waals surface area contributed by atoms with Crippen LogP contribution in [0, 0.1) is 5.82 Å². The van der Waals surface area contributed by atoms with Crippen LogP contribution in [0.1, 0.15) is 18.4 Å². The molecule has 15 heavy (non-hydrogen) atoms. The summed E-state index contributed by atoms with van der Waals surface area (Å²) in [5.41, 5.74) is 2.39. The number of benzene rings is 1. The molecule has 1 aliphatic rings. The zero-order valence-corrected chi connectivity index (χ0v) is 9.32. The number of nitrogens with one attached hydrogen (secondary N) is 1. The van der Waals surface area contributed by atoms with Gasteiger partial charge in [-0.3, -0.25) is 0 Å². The van der Waals surface area contributed by atoms with Gasteiger partial charge in [-0.1, -0.05) is 23.8 Å². The van der Waals surface area contributed by atoms with E-state index in [2.05, 4.69) is 11.4 Å². The molecule has 0 spiro atoms. The Labute approximate surface area is 95.8 Å². The van der Waals surface area contributed by atoms with Gasteiger partial charge in [0.25, 0.3) is 0 Å². The van der Waals surface area contributed by atoms with Crippen LogP contribution in [0.3, 0.4) is 0 Å². The van der Waals surface area contributed by atoms with Crippen LogP contribution >= 0.6 is 12.4 Å². The molecule has 1 nitrogen and oxygen atoms in total. The summed E-state index contributed by atoms with van der Waals surface area (Å²) in [7, 11) is 0. The van der Waals surface area contributed by atoms with Crippen LogP contribution in [-0.4, -0.2) is 13.1 Å². The Kier molecular flexibility index (Phi) is 4.79. The quantitative estimate of drug-likeness (QED) is 0.778. The lowest BCUT2D eigenvalue weighted by atomic mass is 10.0. The highest BCUT2D eigenvalue weighted by Gasteiger charge is 2.04. The second kappa shape index (κ2) is 5.89. The van der Waals surface area contributed by atoms with Gasteiger partial charge in [-0.25, -0.2) is 4.39 Å². The van der Waals surface area contributed by atoms with Gasteiger partial charge in [0.1, 0.15) is 5.82 Å². The molecule has 3 heteroatoms. The summed E-state index contributed by atoms with van der Waals surface area (Å²) in [6, 6.07) is 6.75. The SMILES string of the molecule is Cl.Fc1cccc(C=C2CCNCC2)c1. The minimum absolute atomic E-state index is 0. The second-order valence-electron chi connectivity index (χ2n) is 3.61. The van der Waals surface area contributed by atoms with Crippen molar-refractivity contribution in [1.82, 2.24) is 5.32 Å². The van der Waals surface area contributed by atoms with Crippen molar-refractivity contribution in [2.24, 2.45) is 0 Å². The van der Waals surface area contributed by atoms with E-state index in [9.17, 15) is 4.39 Å². The third kappa shape index (κ3) is 3.65. The van der Waals surface area contributed by atoms with Crippen molar-refractivity contribution in [3.8, 4) is 0 Å². The van der Waals surface area contributed by atoms with Crippen LogP contribution in [0.4, 0.5) is 4.39 Å². The molecular weight excluding hydrogens is 213 g/mol. The van der Waals surface area contributed by atoms with Gasteiger partial charge < -0.3 is 5.32 Å². The highest BCUT2D eigenvalue weighted by atomic mass is 35.5. The van der Waals surface area contributed by atoms with Crippen molar-refractivity contribution in [1.29, 1.82) is 0 Å². The highest BCUT2D eigenvalue weighted by molar-refractivity contribution is 5.85. The molecule has 0 aliphatic carbocycles. The Morgan fingerprint density at radius 3 is 2.60 bits per heavy atom. The van der Waals surface area contributed by atoms with Crippen LogP contribution in [0.15, 0.2) is 29.8 Å². The maximum atomic E-state index is 12.9. The lowest BCUT2D eigenvalue weighted by Crippen LogP contribution is -2.22. The monoisotopic (exact) mass is 227 g/mol. The van der Waals surface area contributed by atoms with Crippen LogP contribution in [0.2, 0.25) is 0 Å². The lowest BCUT2D eigenvalue weighted by molar-refractivity contribution is 0.613. The maximum absolute atomic E-state index is 12.9. The first kappa shape index (κ1) is 12.2. The summed E-state index contributed by atoms with van der Waals surface area (Å²) in [6.45, 7) is 2.09. The molecule has 1 aliphatic heterocycles. The van der Waals surface area contributed by atoms with E-state index in [1.165, 1.54) is 11.6 Å². The summed E-state index contributed by atoms with van der Waals surface area (Å²) >= 11 is 0. The zero-order valence-electron chi connectivity index (χ0n) is 8.50. The molecule has 1 saturated heterocycles. The average molecular weight is 228 g/mol. The molecule has 1 aromatic rings. The molecule has 1 fully saturated rings. The maximum Gasteiger partial charge on any atom is 0.123 e. The van der Waals surface area contributed by atoms with Crippen molar-refractivity contribution < 1.29 is 4.39 Å². The molecular formula is C12H15ClFN. The molecule has 1 aromatic carbocycles. The van der Waals surface area contributed by atoms with Gasteiger partial charge in [0, 0.05) is 0 Å². The first-order valence-corrected chi connectivity index (χ1v) is 5.00. The number of halogens is 2. The Balaban J connectivity index is 0.00000112. The fourth-order valence-corrected chi connectivity index (χ4v) is 1.72. The summed E-state index contributed by atoms with van der Waals surface area (Å²) in [4.78, 5) is 0. The van der Waals surface area contributed by atoms with E-state index >= 15 is 0 Å². The van der Waals surface area contributed by atoms with Crippen molar-refractivity contribution in [2.75, 3.05) is 13.1 Å². The van der Waals surface area contributed by atoms with Crippen molar-refractivity contribution in [3.63, 3.8) is 0 Å². The molecule has 0 radical (unpaired) electrons. The summed E-state index contributed by atoms with van der Waals surface area (Å²) in [5.74, 6) is -0.159. The summed E-state index contributed by atoms with van der Waals surface area (Å²) in [5, 5.41) is 3.30. The van der Waals surface area contributed by atoms with E-state index in [1.807, 2.05) is 6.07 Å². The zero-order chi connectivity index (χ0) is 9.80. The summed E-state index contributed by atoms with van der Waals surface area (Å²) < 4.78 is 12.9. The topological polar surface area (TPSA) is 12.0 Å². The van der Waals surface area contributed by atoms with E-state index in [4.69, 9.17) is 0 Å². The van der Waals surface area contributed by atoms with Crippen LogP contribution in [0.5, 0.6) is 0 Å². The van der Waals surface area contributed by atoms with Crippen LogP contribution < -0.4 is 5.32 Å². The number of hydrogen-bond acceptors (Lipinski definition) is 1. The molecule has 0 bridgehead atoms. The van der Waals surface area contributed by atoms with Crippen LogP contribution in [-0.2, 0) is 0 Å². The molecule has 0 aromatic heterocycles. The Morgan fingerprint density at radius 1 is 1.20 bits per heavy atom. The smallest absolute Gasteiger partial charge is 0.123 e. The minimum Gasteiger partial charge on any atom is -0.316 e. The first-order chi connectivity index (χ1) is 6.84. The van der Waals surface area contributed by atoms with E-state index in [0.29, 0.717) is 0 Å². The van der Waals surface area contributed by atoms with E-state index < -0.39 is 0 Å². The first-order valence-electron chi connectivity index (χ1n) is 5.00. The highest BCUT2D eigenvalue weighted by Crippen LogP contribution is 2.15. The van der Waals surface area contributed by atoms with Gasteiger partial charge >= 0.3 is 0 Å². The second-order valence-corrected chi connectivity index (χ2v) is 3.61. The van der Waals surface area contributed by atoms with Gasteiger partial charge in [-0.05, 0) is 43.6 Å². The minimum atomic E-state index is -0.159.